The second kappa shape index (κ2) is 5.81. The SMILES string of the molecule is O=C(Cl)c1cnn2c(C(F)(F)F)cc(-c3cccc4ccccc34)nc12. The van der Waals surface area contributed by atoms with Crippen LogP contribution < -0.4 is 0 Å². The van der Waals surface area contributed by atoms with Crippen LogP contribution in [0.2, 0.25) is 0 Å². The number of hydrogen-bond acceptors (Lipinski definition) is 3. The number of halogens is 4. The fourth-order valence-corrected chi connectivity index (χ4v) is 3.02. The normalized spacial score (nSPS) is 12.0. The van der Waals surface area contributed by atoms with Crippen LogP contribution in [0.15, 0.2) is 54.7 Å². The third-order valence-electron chi connectivity index (χ3n) is 4.04. The minimum Gasteiger partial charge on any atom is -0.275 e. The summed E-state index contributed by atoms with van der Waals surface area (Å²) >= 11 is 5.47. The quantitative estimate of drug-likeness (QED) is 0.466. The Balaban J connectivity index is 2.10. The fourth-order valence-electron chi connectivity index (χ4n) is 2.89. The first-order valence-corrected chi connectivity index (χ1v) is 7.88. The number of aromatic nitrogens is 3. The van der Waals surface area contributed by atoms with Crippen LogP contribution >= 0.6 is 11.6 Å². The van der Waals surface area contributed by atoms with E-state index in [0.717, 1.165) is 23.0 Å². The van der Waals surface area contributed by atoms with Crippen LogP contribution in [0.4, 0.5) is 13.2 Å². The molecule has 2 aromatic carbocycles. The van der Waals surface area contributed by atoms with E-state index in [-0.39, 0.29) is 16.9 Å². The molecule has 2 heterocycles. The molecule has 26 heavy (non-hydrogen) atoms. The van der Waals surface area contributed by atoms with E-state index in [1.54, 1.807) is 24.3 Å². The minimum absolute atomic E-state index is 0.0845. The van der Waals surface area contributed by atoms with Gasteiger partial charge in [-0.25, -0.2) is 9.50 Å². The Kier molecular flexibility index (Phi) is 3.69. The lowest BCUT2D eigenvalue weighted by molar-refractivity contribution is -0.142. The van der Waals surface area contributed by atoms with Crippen LogP contribution in [0.25, 0.3) is 27.7 Å². The molecule has 4 nitrogen and oxygen atoms in total. The number of carbonyl (C=O) groups excluding carboxylic acids is 1. The van der Waals surface area contributed by atoms with E-state index in [1.807, 2.05) is 18.2 Å². The van der Waals surface area contributed by atoms with Crippen molar-refractivity contribution in [1.29, 1.82) is 0 Å². The zero-order valence-electron chi connectivity index (χ0n) is 13.0. The lowest BCUT2D eigenvalue weighted by Crippen LogP contribution is -2.14. The summed E-state index contributed by atoms with van der Waals surface area (Å²) in [5, 5.41) is 4.32. The summed E-state index contributed by atoms with van der Waals surface area (Å²) < 4.78 is 41.2. The Morgan fingerprint density at radius 3 is 2.54 bits per heavy atom. The molecule has 0 atom stereocenters. The summed E-state index contributed by atoms with van der Waals surface area (Å²) in [7, 11) is 0. The van der Waals surface area contributed by atoms with Gasteiger partial charge in [0.1, 0.15) is 0 Å². The van der Waals surface area contributed by atoms with Crippen LogP contribution in [-0.2, 0) is 6.18 Å². The summed E-state index contributed by atoms with van der Waals surface area (Å²) in [6.07, 6.45) is -3.70. The van der Waals surface area contributed by atoms with Crippen molar-refractivity contribution in [1.82, 2.24) is 14.6 Å². The molecular formula is C18H9ClF3N3O. The van der Waals surface area contributed by atoms with E-state index in [9.17, 15) is 18.0 Å². The zero-order chi connectivity index (χ0) is 18.5. The minimum atomic E-state index is -4.68. The van der Waals surface area contributed by atoms with Crippen molar-refractivity contribution in [2.45, 2.75) is 6.18 Å². The number of rotatable bonds is 2. The molecule has 0 saturated carbocycles. The van der Waals surface area contributed by atoms with E-state index in [0.29, 0.717) is 10.1 Å². The first-order chi connectivity index (χ1) is 12.4. The Hall–Kier alpha value is -2.93. The average molecular weight is 376 g/mol. The molecule has 8 heteroatoms. The molecule has 2 aromatic heterocycles. The predicted molar refractivity (Wildman–Crippen MR) is 91.1 cm³/mol. The van der Waals surface area contributed by atoms with Crippen LogP contribution in [0.1, 0.15) is 16.1 Å². The second-order valence-corrected chi connectivity index (χ2v) is 5.96. The van der Waals surface area contributed by atoms with Gasteiger partial charge >= 0.3 is 6.18 Å². The second-order valence-electron chi connectivity index (χ2n) is 5.62. The van der Waals surface area contributed by atoms with E-state index < -0.39 is 17.1 Å². The number of benzene rings is 2. The van der Waals surface area contributed by atoms with Crippen LogP contribution in [-0.4, -0.2) is 19.8 Å². The van der Waals surface area contributed by atoms with Gasteiger partial charge in [-0.05, 0) is 28.4 Å². The molecule has 0 unspecified atom stereocenters. The molecule has 0 fully saturated rings. The molecular weight excluding hydrogens is 367 g/mol. The highest BCUT2D eigenvalue weighted by molar-refractivity contribution is 6.68. The standard InChI is InChI=1S/C18H9ClF3N3O/c19-16(26)13-9-23-25-15(18(20,21)22)8-14(24-17(13)25)12-7-3-5-10-4-1-2-6-11(10)12/h1-9H. The highest BCUT2D eigenvalue weighted by Gasteiger charge is 2.36. The maximum atomic E-state index is 13.5. The lowest BCUT2D eigenvalue weighted by atomic mass is 10.0. The van der Waals surface area contributed by atoms with Crippen molar-refractivity contribution < 1.29 is 18.0 Å². The highest BCUT2D eigenvalue weighted by atomic mass is 35.5. The average Bonchev–Trinajstić information content (AvgIpc) is 3.03. The van der Waals surface area contributed by atoms with Crippen molar-refractivity contribution in [2.75, 3.05) is 0 Å². The Morgan fingerprint density at radius 2 is 1.81 bits per heavy atom. The predicted octanol–water partition coefficient (Wildman–Crippen LogP) is 4.95. The maximum absolute atomic E-state index is 13.5. The molecule has 4 rings (SSSR count). The van der Waals surface area contributed by atoms with Crippen molar-refractivity contribution in [3.63, 3.8) is 0 Å². The molecule has 0 aliphatic heterocycles. The smallest absolute Gasteiger partial charge is 0.275 e. The number of carbonyl (C=O) groups is 1. The van der Waals surface area contributed by atoms with Crippen molar-refractivity contribution >= 4 is 33.3 Å². The summed E-state index contributed by atoms with van der Waals surface area (Å²) in [6, 6.07) is 13.5. The molecule has 0 radical (unpaired) electrons. The molecule has 4 aromatic rings. The molecule has 130 valence electrons. The Morgan fingerprint density at radius 1 is 1.08 bits per heavy atom. The van der Waals surface area contributed by atoms with Gasteiger partial charge in [-0.1, -0.05) is 42.5 Å². The van der Waals surface area contributed by atoms with Gasteiger partial charge in [0.15, 0.2) is 11.3 Å². The number of hydrogen-bond donors (Lipinski definition) is 0. The Bertz CT molecular complexity index is 1160. The summed E-state index contributed by atoms with van der Waals surface area (Å²) in [4.78, 5) is 15.8. The molecule has 0 saturated heterocycles. The van der Waals surface area contributed by atoms with Gasteiger partial charge in [0.2, 0.25) is 0 Å². The van der Waals surface area contributed by atoms with Crippen LogP contribution in [0.5, 0.6) is 0 Å². The zero-order valence-corrected chi connectivity index (χ0v) is 13.7. The van der Waals surface area contributed by atoms with Crippen LogP contribution in [0, 0.1) is 0 Å². The highest BCUT2D eigenvalue weighted by Crippen LogP contribution is 2.34. The van der Waals surface area contributed by atoms with Crippen LogP contribution in [0.3, 0.4) is 0 Å². The number of fused-ring (bicyclic) bond motifs is 2. The van der Waals surface area contributed by atoms with E-state index in [4.69, 9.17) is 11.6 Å². The van der Waals surface area contributed by atoms with Crippen molar-refractivity contribution in [3.05, 3.63) is 66.0 Å². The lowest BCUT2D eigenvalue weighted by Gasteiger charge is -2.12. The van der Waals surface area contributed by atoms with Gasteiger partial charge < -0.3 is 0 Å². The fraction of sp³-hybridized carbons (Fsp3) is 0.0556. The van der Waals surface area contributed by atoms with Gasteiger partial charge in [-0.2, -0.15) is 18.3 Å². The van der Waals surface area contributed by atoms with Crippen molar-refractivity contribution in [2.24, 2.45) is 0 Å². The maximum Gasteiger partial charge on any atom is 0.433 e. The molecule has 0 amide bonds. The Labute approximate surface area is 149 Å². The summed E-state index contributed by atoms with van der Waals surface area (Å²) in [5.74, 6) is 0. The third-order valence-corrected chi connectivity index (χ3v) is 4.24. The van der Waals surface area contributed by atoms with E-state index in [1.165, 1.54) is 0 Å². The first-order valence-electron chi connectivity index (χ1n) is 7.50. The number of nitrogens with zero attached hydrogens (tertiary/aromatic N) is 3. The van der Waals surface area contributed by atoms with Gasteiger partial charge in [-0.15, -0.1) is 0 Å². The molecule has 0 bridgehead atoms. The molecule has 0 N–H and O–H groups in total. The van der Waals surface area contributed by atoms with E-state index in [2.05, 4.69) is 10.1 Å². The van der Waals surface area contributed by atoms with E-state index >= 15 is 0 Å². The molecule has 0 aliphatic rings. The first kappa shape index (κ1) is 16.5. The van der Waals surface area contributed by atoms with Gasteiger partial charge in [0, 0.05) is 5.56 Å². The summed E-state index contributed by atoms with van der Waals surface area (Å²) in [5.41, 5.74) is -0.844. The van der Waals surface area contributed by atoms with Gasteiger partial charge in [0.25, 0.3) is 5.24 Å². The topological polar surface area (TPSA) is 47.3 Å². The molecule has 0 aliphatic carbocycles. The monoisotopic (exact) mass is 375 g/mol. The van der Waals surface area contributed by atoms with Gasteiger partial charge in [-0.3, -0.25) is 4.79 Å². The third kappa shape index (κ3) is 2.61. The summed E-state index contributed by atoms with van der Waals surface area (Å²) in [6.45, 7) is 0. The number of alkyl halides is 3. The largest absolute Gasteiger partial charge is 0.433 e. The molecule has 0 spiro atoms. The van der Waals surface area contributed by atoms with Gasteiger partial charge in [0.05, 0.1) is 17.5 Å². The van der Waals surface area contributed by atoms with Crippen molar-refractivity contribution in [3.8, 4) is 11.3 Å².